The lowest BCUT2D eigenvalue weighted by Crippen LogP contribution is -2.09. The number of rotatable bonds is 8. The van der Waals surface area contributed by atoms with Crippen LogP contribution in [0.5, 0.6) is 0 Å². The van der Waals surface area contributed by atoms with Crippen molar-refractivity contribution in [3.8, 4) is 11.1 Å². The summed E-state index contributed by atoms with van der Waals surface area (Å²) < 4.78 is 32.0. The van der Waals surface area contributed by atoms with E-state index in [1.807, 2.05) is 13.0 Å². The zero-order valence-corrected chi connectivity index (χ0v) is 19.4. The number of anilines is 1. The summed E-state index contributed by atoms with van der Waals surface area (Å²) in [5.41, 5.74) is 15.4. The maximum atomic E-state index is 13.5. The highest BCUT2D eigenvalue weighted by molar-refractivity contribution is 7.93. The molecule has 0 radical (unpaired) electrons. The molecule has 1 unspecified atom stereocenters. The minimum Gasteiger partial charge on any atom is -0.611 e. The van der Waals surface area contributed by atoms with Crippen molar-refractivity contribution in [1.82, 2.24) is 4.98 Å². The van der Waals surface area contributed by atoms with Gasteiger partial charge in [0.15, 0.2) is 0 Å². The summed E-state index contributed by atoms with van der Waals surface area (Å²) in [5.74, 6) is 0.138. The number of nitrogens with zero attached hydrogens (tertiary/aromatic N) is 3. The Morgan fingerprint density at radius 2 is 2.09 bits per heavy atom. The highest BCUT2D eigenvalue weighted by atomic mass is 32.2. The average Bonchev–Trinajstić information content (AvgIpc) is 3.13. The molecule has 1 aromatic carbocycles. The van der Waals surface area contributed by atoms with Crippen molar-refractivity contribution >= 4 is 56.7 Å². The van der Waals surface area contributed by atoms with Crippen LogP contribution < -0.4 is 11.5 Å². The number of fused-ring (bicyclic) bond motifs is 1. The number of hydrogen-bond acceptors (Lipinski definition) is 6. The van der Waals surface area contributed by atoms with Crippen LogP contribution in [-0.4, -0.2) is 41.7 Å². The number of halogens is 1. The van der Waals surface area contributed by atoms with E-state index in [9.17, 15) is 8.94 Å². The van der Waals surface area contributed by atoms with Gasteiger partial charge < -0.3 is 20.8 Å². The molecule has 4 N–H and O–H groups in total. The number of ether oxygens (including phenoxy) is 1. The van der Waals surface area contributed by atoms with Gasteiger partial charge >= 0.3 is 0 Å². The van der Waals surface area contributed by atoms with Crippen LogP contribution in [0.1, 0.15) is 19.0 Å². The average molecular weight is 474 g/mol. The molecule has 3 aromatic rings. The molecule has 0 spiro atoms. The van der Waals surface area contributed by atoms with Crippen LogP contribution in [0.3, 0.4) is 0 Å². The van der Waals surface area contributed by atoms with Gasteiger partial charge in [-0.05, 0) is 59.7 Å². The number of allylic oxidation sites excluding steroid dienone is 1. The summed E-state index contributed by atoms with van der Waals surface area (Å²) >= 11 is 0.0106. The van der Waals surface area contributed by atoms with Crippen LogP contribution in [0.4, 0.5) is 10.1 Å². The molecule has 0 aliphatic heterocycles. The Balaban J connectivity index is 2.17. The van der Waals surface area contributed by atoms with E-state index in [1.54, 1.807) is 25.4 Å². The molecule has 0 saturated heterocycles. The Morgan fingerprint density at radius 1 is 1.38 bits per heavy atom. The maximum absolute atomic E-state index is 13.5. The topological polar surface area (TPSA) is 122 Å². The molecular weight excluding hydrogens is 449 g/mol. The number of pyridine rings is 1. The van der Waals surface area contributed by atoms with Crippen molar-refractivity contribution in [2.45, 2.75) is 17.6 Å². The largest absolute Gasteiger partial charge is 0.611 e. The highest BCUT2D eigenvalue weighted by Gasteiger charge is 2.24. The molecule has 168 valence electrons. The van der Waals surface area contributed by atoms with Crippen molar-refractivity contribution in [2.75, 3.05) is 25.2 Å². The quantitative estimate of drug-likeness (QED) is 0.220. The van der Waals surface area contributed by atoms with Gasteiger partial charge in [-0.25, -0.2) is 19.4 Å². The molecule has 1 atom stereocenters. The number of benzene rings is 1. The van der Waals surface area contributed by atoms with Gasteiger partial charge in [0.2, 0.25) is 10.2 Å². The Hall–Kier alpha value is -2.79. The first kappa shape index (κ1) is 23.9. The van der Waals surface area contributed by atoms with E-state index >= 15 is 0 Å². The number of nitrogens with two attached hydrogens (primary N) is 2. The fourth-order valence-corrected chi connectivity index (χ4v) is 5.65. The zero-order valence-electron chi connectivity index (χ0n) is 17.8. The van der Waals surface area contributed by atoms with Crippen LogP contribution in [0.25, 0.3) is 26.9 Å². The smallest absolute Gasteiger partial charge is 0.232 e. The second-order valence-corrected chi connectivity index (χ2v) is 9.66. The standard InChI is InChI=1S/C22H24FN5O2S2/c1-13(12-27-22(25)26-2)17-11-16(14-5-7-15(23)8-6-14)18-19(24)21(31-20(18)28-17)32(29)10-4-9-30-3/h5-8,11-12H,2,4,9-10,24H2,1,3H3,(H2,25,27)/b13-12+. The van der Waals surface area contributed by atoms with Gasteiger partial charge in [-0.15, -0.1) is 0 Å². The Labute approximate surface area is 192 Å². The first-order valence-corrected chi connectivity index (χ1v) is 11.8. The summed E-state index contributed by atoms with van der Waals surface area (Å²) in [6, 6.07) is 7.98. The zero-order chi connectivity index (χ0) is 23.3. The Kier molecular flexibility index (Phi) is 7.97. The lowest BCUT2D eigenvalue weighted by molar-refractivity contribution is 0.199. The van der Waals surface area contributed by atoms with E-state index in [2.05, 4.69) is 16.7 Å². The molecule has 2 aromatic heterocycles. The minimum atomic E-state index is -1.28. The molecule has 7 nitrogen and oxygen atoms in total. The number of nitrogen functional groups attached to an aromatic ring is 1. The predicted octanol–water partition coefficient (Wildman–Crippen LogP) is 4.20. The number of hydrogen-bond donors (Lipinski definition) is 2. The molecule has 10 heteroatoms. The van der Waals surface area contributed by atoms with E-state index in [4.69, 9.17) is 21.2 Å². The Bertz CT molecular complexity index is 1180. The molecule has 0 saturated carbocycles. The molecular formula is C22H24FN5O2S2. The minimum absolute atomic E-state index is 0.0401. The van der Waals surface area contributed by atoms with Crippen molar-refractivity contribution in [2.24, 2.45) is 15.7 Å². The maximum Gasteiger partial charge on any atom is 0.232 e. The van der Waals surface area contributed by atoms with Gasteiger partial charge in [0, 0.05) is 25.1 Å². The third-order valence-corrected chi connectivity index (χ3v) is 7.66. The third kappa shape index (κ3) is 5.33. The Morgan fingerprint density at radius 3 is 2.75 bits per heavy atom. The fraction of sp³-hybridized carbons (Fsp3) is 0.227. The van der Waals surface area contributed by atoms with E-state index in [0.717, 1.165) is 16.7 Å². The molecule has 32 heavy (non-hydrogen) atoms. The fourth-order valence-electron chi connectivity index (χ4n) is 3.03. The van der Waals surface area contributed by atoms with E-state index < -0.39 is 11.2 Å². The SMILES string of the molecule is C=N/C(N)=N\C=C(/C)c1cc(-c2ccc(F)cc2)c2c(N)c([S+]([O-])CCCOC)sc2n1. The normalized spacial score (nSPS) is 13.5. The monoisotopic (exact) mass is 473 g/mol. The third-order valence-electron chi connectivity index (χ3n) is 4.66. The first-order chi connectivity index (χ1) is 15.3. The van der Waals surface area contributed by atoms with E-state index in [-0.39, 0.29) is 11.8 Å². The molecule has 0 amide bonds. The molecule has 0 bridgehead atoms. The second kappa shape index (κ2) is 10.7. The molecule has 2 heterocycles. The van der Waals surface area contributed by atoms with Crippen molar-refractivity contribution in [3.05, 3.63) is 48.0 Å². The summed E-state index contributed by atoms with van der Waals surface area (Å²) in [6.45, 7) is 5.70. The van der Waals surface area contributed by atoms with E-state index in [0.29, 0.717) is 44.6 Å². The van der Waals surface area contributed by atoms with Gasteiger partial charge in [-0.2, -0.15) is 0 Å². The van der Waals surface area contributed by atoms with Crippen LogP contribution in [0, 0.1) is 5.82 Å². The molecule has 0 aliphatic rings. The van der Waals surface area contributed by atoms with Gasteiger partial charge in [0.1, 0.15) is 22.1 Å². The van der Waals surface area contributed by atoms with Gasteiger partial charge in [-0.3, -0.25) is 0 Å². The first-order valence-electron chi connectivity index (χ1n) is 9.69. The number of thiophene rings is 1. The number of methoxy groups -OCH3 is 1. The summed E-state index contributed by atoms with van der Waals surface area (Å²) in [4.78, 5) is 13.0. The lowest BCUT2D eigenvalue weighted by Gasteiger charge is -2.10. The number of aliphatic imine (C=N–C) groups is 2. The molecule has 3 rings (SSSR count). The summed E-state index contributed by atoms with van der Waals surface area (Å²) in [6.07, 6.45) is 2.20. The predicted molar refractivity (Wildman–Crippen MR) is 132 cm³/mol. The number of aromatic nitrogens is 1. The molecule has 0 fully saturated rings. The second-order valence-electron chi connectivity index (χ2n) is 6.90. The lowest BCUT2D eigenvalue weighted by atomic mass is 10.0. The van der Waals surface area contributed by atoms with Gasteiger partial charge in [0.25, 0.3) is 0 Å². The van der Waals surface area contributed by atoms with Crippen LogP contribution in [0.15, 0.2) is 50.7 Å². The van der Waals surface area contributed by atoms with Crippen LogP contribution in [0.2, 0.25) is 0 Å². The van der Waals surface area contributed by atoms with Crippen LogP contribution in [-0.2, 0) is 15.9 Å². The highest BCUT2D eigenvalue weighted by Crippen LogP contribution is 2.43. The number of guanidine groups is 1. The summed E-state index contributed by atoms with van der Waals surface area (Å²) in [7, 11) is 1.61. The summed E-state index contributed by atoms with van der Waals surface area (Å²) in [5, 5.41) is 0.698. The van der Waals surface area contributed by atoms with Crippen molar-refractivity contribution < 1.29 is 13.7 Å². The van der Waals surface area contributed by atoms with Crippen molar-refractivity contribution in [3.63, 3.8) is 0 Å². The van der Waals surface area contributed by atoms with Gasteiger partial charge in [0.05, 0.1) is 12.3 Å². The molecule has 0 aliphatic carbocycles. The van der Waals surface area contributed by atoms with Gasteiger partial charge in [-0.1, -0.05) is 23.5 Å². The van der Waals surface area contributed by atoms with Crippen molar-refractivity contribution in [1.29, 1.82) is 0 Å². The van der Waals surface area contributed by atoms with Crippen LogP contribution >= 0.6 is 11.3 Å². The van der Waals surface area contributed by atoms with E-state index in [1.165, 1.54) is 23.5 Å².